The van der Waals surface area contributed by atoms with Gasteiger partial charge in [-0.15, -0.1) is 0 Å². The largest absolute Gasteiger partial charge is 0.465 e. The molecule has 11 nitrogen and oxygen atoms in total. The first kappa shape index (κ1) is 30.8. The summed E-state index contributed by atoms with van der Waals surface area (Å²) in [7, 11) is 0. The van der Waals surface area contributed by atoms with Gasteiger partial charge in [0.05, 0.1) is 35.9 Å². The molecule has 43 heavy (non-hydrogen) atoms. The van der Waals surface area contributed by atoms with Crippen LogP contribution in [-0.4, -0.2) is 84.3 Å². The number of aliphatic hydroxyl groups is 1. The smallest absolute Gasteiger partial charge is 0.407 e. The van der Waals surface area contributed by atoms with Crippen molar-refractivity contribution in [2.75, 3.05) is 32.7 Å². The number of β-amino-alcohol motifs (C(OH)–C–C–N with tert-alkyl or cyclic N) is 1. The maximum atomic E-state index is 12.6. The van der Waals surface area contributed by atoms with Crippen molar-refractivity contribution in [1.82, 2.24) is 29.1 Å². The van der Waals surface area contributed by atoms with E-state index in [0.29, 0.717) is 31.1 Å². The van der Waals surface area contributed by atoms with Crippen LogP contribution in [0.1, 0.15) is 42.6 Å². The van der Waals surface area contributed by atoms with E-state index in [-0.39, 0.29) is 18.3 Å². The summed E-state index contributed by atoms with van der Waals surface area (Å²) in [6.07, 6.45) is 0.607. The average molecular weight is 610 g/mol. The number of nitrogens with one attached hydrogen (secondary N) is 1. The Kier molecular flexibility index (Phi) is 9.55. The molecule has 1 atom stereocenters. The number of para-hydroxylation sites is 2. The zero-order chi connectivity index (χ0) is 30.7. The summed E-state index contributed by atoms with van der Waals surface area (Å²) in [5, 5.41) is 26.3. The van der Waals surface area contributed by atoms with E-state index in [4.69, 9.17) is 22.4 Å². The van der Waals surface area contributed by atoms with Crippen LogP contribution in [0.4, 0.5) is 4.79 Å². The van der Waals surface area contributed by atoms with E-state index in [1.165, 1.54) is 4.90 Å². The Labute approximate surface area is 255 Å². The first-order valence-corrected chi connectivity index (χ1v) is 15.2. The Morgan fingerprint density at radius 3 is 2.58 bits per heavy atom. The van der Waals surface area contributed by atoms with Gasteiger partial charge in [0.1, 0.15) is 0 Å². The van der Waals surface area contributed by atoms with Crippen molar-refractivity contribution in [3.8, 4) is 11.3 Å². The summed E-state index contributed by atoms with van der Waals surface area (Å²) in [6, 6.07) is 13.6. The molecule has 0 spiro atoms. The van der Waals surface area contributed by atoms with Crippen LogP contribution in [0.2, 0.25) is 5.02 Å². The predicted octanol–water partition coefficient (Wildman–Crippen LogP) is 3.85. The first-order chi connectivity index (χ1) is 20.7. The second kappa shape index (κ2) is 13.3. The zero-order valence-electron chi connectivity index (χ0n) is 24.7. The minimum atomic E-state index is -0.949. The second-order valence-corrected chi connectivity index (χ2v) is 11.7. The van der Waals surface area contributed by atoms with Crippen LogP contribution in [0.25, 0.3) is 22.3 Å². The summed E-state index contributed by atoms with van der Waals surface area (Å²) < 4.78 is 3.73. The van der Waals surface area contributed by atoms with Gasteiger partial charge in [0.15, 0.2) is 0 Å². The Morgan fingerprint density at radius 2 is 1.88 bits per heavy atom. The number of rotatable bonds is 6. The first-order valence-electron chi connectivity index (χ1n) is 14.8. The van der Waals surface area contributed by atoms with Crippen molar-refractivity contribution < 1.29 is 15.0 Å². The lowest BCUT2D eigenvalue weighted by atomic mass is 10.00. The van der Waals surface area contributed by atoms with Gasteiger partial charge in [-0.3, -0.25) is 9.25 Å². The highest BCUT2D eigenvalue weighted by atomic mass is 35.5. The summed E-state index contributed by atoms with van der Waals surface area (Å²) >= 11 is 6.25. The topological polar surface area (TPSA) is 146 Å². The summed E-state index contributed by atoms with van der Waals surface area (Å²) in [6.45, 7) is 7.63. The van der Waals surface area contributed by atoms with Crippen LogP contribution in [0.5, 0.6) is 0 Å². The van der Waals surface area contributed by atoms with Crippen molar-refractivity contribution >= 4 is 28.7 Å². The van der Waals surface area contributed by atoms with Crippen molar-refractivity contribution in [2.45, 2.75) is 58.3 Å². The number of piperidine rings is 1. The van der Waals surface area contributed by atoms with E-state index >= 15 is 0 Å². The van der Waals surface area contributed by atoms with E-state index < -0.39 is 12.2 Å². The number of carboxylic acid groups (broad SMARTS) is 1. The maximum absolute atomic E-state index is 12.6. The monoisotopic (exact) mass is 609 g/mol. The number of aromatic nitrogens is 4. The van der Waals surface area contributed by atoms with Crippen LogP contribution in [-0.2, 0) is 19.5 Å². The van der Waals surface area contributed by atoms with E-state index in [1.807, 2.05) is 65.6 Å². The Hall–Kier alpha value is -3.64. The minimum Gasteiger partial charge on any atom is -0.465 e. The number of halogens is 1. The fourth-order valence-electron chi connectivity index (χ4n) is 6.18. The van der Waals surface area contributed by atoms with Crippen LogP contribution < -0.4 is 11.4 Å². The minimum absolute atomic E-state index is 0.0729. The molecule has 2 aromatic carbocycles. The SMILES string of the molecule is CCN.Cc1cc(-c2nn(CC(O)CN3CCC(n4c(=O)[nH]c5ccccc54)CC3)c3c2CN(C(=O)O)CC3)ccc1Cl. The summed E-state index contributed by atoms with van der Waals surface area (Å²) in [4.78, 5) is 30.9. The van der Waals surface area contributed by atoms with Gasteiger partial charge >= 0.3 is 11.8 Å². The molecule has 1 amide bonds. The number of nitrogens with two attached hydrogens (primary N) is 1. The molecule has 5 N–H and O–H groups in total. The molecule has 0 aliphatic carbocycles. The van der Waals surface area contributed by atoms with Crippen LogP contribution in [0.15, 0.2) is 47.3 Å². The van der Waals surface area contributed by atoms with E-state index in [1.54, 1.807) is 0 Å². The third kappa shape index (κ3) is 6.65. The number of benzene rings is 2. The molecular formula is C31H40ClN7O4. The van der Waals surface area contributed by atoms with Gasteiger partial charge in [0.25, 0.3) is 0 Å². The number of amides is 1. The predicted molar refractivity (Wildman–Crippen MR) is 168 cm³/mol. The van der Waals surface area contributed by atoms with Gasteiger partial charge in [0, 0.05) is 60.5 Å². The Morgan fingerprint density at radius 1 is 1.16 bits per heavy atom. The number of nitrogens with zero attached hydrogens (tertiary/aromatic N) is 5. The number of hydrogen-bond acceptors (Lipinski definition) is 6. The number of aliphatic hydroxyl groups excluding tert-OH is 1. The van der Waals surface area contributed by atoms with Gasteiger partial charge in [0.2, 0.25) is 0 Å². The molecular weight excluding hydrogens is 570 g/mol. The van der Waals surface area contributed by atoms with Gasteiger partial charge in [-0.2, -0.15) is 5.10 Å². The number of carbonyl (C=O) groups is 1. The molecule has 4 heterocycles. The number of aryl methyl sites for hydroxylation is 1. The Bertz CT molecular complexity index is 1640. The van der Waals surface area contributed by atoms with Crippen molar-refractivity contribution in [2.24, 2.45) is 5.73 Å². The second-order valence-electron chi connectivity index (χ2n) is 11.3. The number of hydrogen-bond donors (Lipinski definition) is 4. The molecule has 0 bridgehead atoms. The van der Waals surface area contributed by atoms with E-state index in [0.717, 1.165) is 71.6 Å². The normalized spacial score (nSPS) is 16.5. The molecule has 2 aromatic heterocycles. The third-order valence-electron chi connectivity index (χ3n) is 8.23. The molecule has 12 heteroatoms. The fourth-order valence-corrected chi connectivity index (χ4v) is 6.30. The lowest BCUT2D eigenvalue weighted by molar-refractivity contribution is 0.0760. The standard InChI is InChI=1S/C29H33ClN6O4.C2H7N/c1-18-14-19(6-7-23(18)30)27-22-17-34(29(39)40)13-10-25(22)35(32-27)16-21(37)15-33-11-8-20(9-12-33)36-26-5-3-2-4-24(26)31-28(36)38;1-2-3/h2-7,14,20-21,37H,8-13,15-17H2,1H3,(H,31,38)(H,39,40);2-3H2,1H3. The highest BCUT2D eigenvalue weighted by Gasteiger charge is 2.30. The quantitative estimate of drug-likeness (QED) is 0.260. The highest BCUT2D eigenvalue weighted by Crippen LogP contribution is 2.32. The molecule has 1 fully saturated rings. The molecule has 2 aliphatic heterocycles. The highest BCUT2D eigenvalue weighted by molar-refractivity contribution is 6.31. The van der Waals surface area contributed by atoms with Gasteiger partial charge in [-0.05, 0) is 56.1 Å². The number of likely N-dealkylation sites (tertiary alicyclic amines) is 1. The molecule has 6 rings (SSSR count). The number of fused-ring (bicyclic) bond motifs is 2. The summed E-state index contributed by atoms with van der Waals surface area (Å²) in [5.74, 6) is 0. The molecule has 0 saturated carbocycles. The van der Waals surface area contributed by atoms with Crippen LogP contribution in [0, 0.1) is 6.92 Å². The lowest BCUT2D eigenvalue weighted by Gasteiger charge is -2.33. The molecule has 1 unspecified atom stereocenters. The van der Waals surface area contributed by atoms with Gasteiger partial charge in [-0.1, -0.05) is 36.7 Å². The average Bonchev–Trinajstić information content (AvgIpc) is 3.51. The number of H-pyrrole nitrogens is 1. The van der Waals surface area contributed by atoms with Crippen LogP contribution >= 0.6 is 11.6 Å². The number of imidazole rings is 1. The van der Waals surface area contributed by atoms with Gasteiger partial charge < -0.3 is 30.7 Å². The van der Waals surface area contributed by atoms with Crippen molar-refractivity contribution in [1.29, 1.82) is 0 Å². The molecule has 230 valence electrons. The van der Waals surface area contributed by atoms with Crippen molar-refractivity contribution in [3.05, 3.63) is 74.8 Å². The zero-order valence-corrected chi connectivity index (χ0v) is 25.4. The molecule has 4 aromatic rings. The third-order valence-corrected chi connectivity index (χ3v) is 8.66. The fraction of sp³-hybridized carbons (Fsp3) is 0.452. The maximum Gasteiger partial charge on any atom is 0.407 e. The van der Waals surface area contributed by atoms with E-state index in [9.17, 15) is 19.8 Å². The number of aromatic amines is 1. The van der Waals surface area contributed by atoms with Crippen molar-refractivity contribution in [3.63, 3.8) is 0 Å². The van der Waals surface area contributed by atoms with E-state index in [2.05, 4.69) is 9.88 Å². The lowest BCUT2D eigenvalue weighted by Crippen LogP contribution is -2.42. The molecule has 2 aliphatic rings. The molecule has 0 radical (unpaired) electrons. The Balaban J connectivity index is 0.00000118. The summed E-state index contributed by atoms with van der Waals surface area (Å²) in [5.41, 5.74) is 11.0. The van der Waals surface area contributed by atoms with Crippen LogP contribution in [0.3, 0.4) is 0 Å². The molecule has 1 saturated heterocycles. The van der Waals surface area contributed by atoms with Gasteiger partial charge in [-0.25, -0.2) is 9.59 Å².